The van der Waals surface area contributed by atoms with Gasteiger partial charge in [-0.1, -0.05) is 152 Å². The third kappa shape index (κ3) is 14.2. The molecule has 0 amide bonds. The molecule has 1 fully saturated rings. The minimum Gasteiger partial charge on any atom is -0.497 e. The molecule has 11 heteroatoms. The highest BCUT2D eigenvalue weighted by molar-refractivity contribution is 7.99. The summed E-state index contributed by atoms with van der Waals surface area (Å²) < 4.78 is 40.3. The summed E-state index contributed by atoms with van der Waals surface area (Å²) in [5, 5.41) is 2.25. The van der Waals surface area contributed by atoms with Gasteiger partial charge in [-0.3, -0.25) is 0 Å². The van der Waals surface area contributed by atoms with E-state index in [4.69, 9.17) is 27.8 Å². The van der Waals surface area contributed by atoms with E-state index in [2.05, 4.69) is 178 Å². The van der Waals surface area contributed by atoms with Crippen molar-refractivity contribution in [2.24, 2.45) is 0 Å². The summed E-state index contributed by atoms with van der Waals surface area (Å²) >= 11 is 1.74. The van der Waals surface area contributed by atoms with E-state index in [1.165, 1.54) is 10.4 Å². The Labute approximate surface area is 406 Å². The van der Waals surface area contributed by atoms with Crippen LogP contribution >= 0.6 is 11.8 Å². The van der Waals surface area contributed by atoms with Crippen LogP contribution in [0, 0.1) is 0 Å². The zero-order valence-corrected chi connectivity index (χ0v) is 46.6. The maximum absolute atomic E-state index is 13.9. The van der Waals surface area contributed by atoms with Crippen LogP contribution in [0.25, 0.3) is 0 Å². The summed E-state index contributed by atoms with van der Waals surface area (Å²) in [6.07, 6.45) is 5.42. The van der Waals surface area contributed by atoms with Crippen molar-refractivity contribution < 1.29 is 32.6 Å². The minimum atomic E-state index is -2.76. The molecule has 2 unspecified atom stereocenters. The van der Waals surface area contributed by atoms with Gasteiger partial charge in [-0.25, -0.2) is 4.79 Å². The van der Waals surface area contributed by atoms with Gasteiger partial charge in [-0.15, -0.1) is 11.8 Å². The molecular weight excluding hydrogens is 889 g/mol. The molecule has 1 aliphatic rings. The van der Waals surface area contributed by atoms with Crippen molar-refractivity contribution in [3.8, 4) is 5.75 Å². The molecule has 0 saturated carbocycles. The zero-order chi connectivity index (χ0) is 48.6. The number of carbonyl (C=O) groups is 1. The molecule has 4 aromatic carbocycles. The lowest BCUT2D eigenvalue weighted by Gasteiger charge is -2.44. The molecule has 0 bridgehead atoms. The number of hydrogen-bond acceptors (Lipinski definition) is 8. The van der Waals surface area contributed by atoms with Gasteiger partial charge in [0.05, 0.1) is 31.5 Å². The van der Waals surface area contributed by atoms with E-state index in [-0.39, 0.29) is 45.7 Å². The number of hydrogen-bond donors (Lipinski definition) is 0. The van der Waals surface area contributed by atoms with E-state index in [1.807, 2.05) is 38.1 Å². The molecule has 0 spiro atoms. The van der Waals surface area contributed by atoms with E-state index in [9.17, 15) is 4.79 Å². The first-order valence-corrected chi connectivity index (χ1v) is 33.3. The van der Waals surface area contributed by atoms with E-state index in [0.29, 0.717) is 37.2 Å². The minimum absolute atomic E-state index is 0.0346. The molecule has 0 aromatic heterocycles. The quantitative estimate of drug-likeness (QED) is 0.0354. The maximum atomic E-state index is 13.9. The third-order valence-electron chi connectivity index (χ3n) is 13.0. The first-order valence-electron chi connectivity index (χ1n) is 23.9. The van der Waals surface area contributed by atoms with Crippen LogP contribution in [0.2, 0.25) is 48.9 Å². The molecular formula is C55H80O7SSi3. The SMILES string of the molecule is COc1ccc(C(=O)OCC[Si](C)(C)C)c(C(CC[C@@H]2OC(C)(C)O[C@@H]2C(C=CC[C@@H](C)O[Si](c2ccccc2)(c2ccccc2)C(C)(C)C)O[Si](C)(C)C(C)(C)C)Sc2ccccc2)c1. The first kappa shape index (κ1) is 53.7. The Morgan fingerprint density at radius 2 is 1.36 bits per heavy atom. The largest absolute Gasteiger partial charge is 0.497 e. The normalized spacial score (nSPS) is 18.5. The Hall–Kier alpha value is -3.27. The summed E-state index contributed by atoms with van der Waals surface area (Å²) in [6.45, 7) is 31.9. The number of methoxy groups -OCH3 is 1. The highest BCUT2D eigenvalue weighted by Gasteiger charge is 2.51. The highest BCUT2D eigenvalue weighted by Crippen LogP contribution is 2.45. The van der Waals surface area contributed by atoms with Gasteiger partial charge < -0.3 is 27.8 Å². The van der Waals surface area contributed by atoms with Crippen molar-refractivity contribution >= 4 is 52.8 Å². The van der Waals surface area contributed by atoms with Crippen LogP contribution in [0.5, 0.6) is 5.75 Å². The van der Waals surface area contributed by atoms with Crippen LogP contribution < -0.4 is 15.1 Å². The Morgan fingerprint density at radius 1 is 0.788 bits per heavy atom. The Kier molecular flexibility index (Phi) is 18.3. The summed E-state index contributed by atoms with van der Waals surface area (Å²) in [5.41, 5.74) is 1.46. The predicted molar refractivity (Wildman–Crippen MR) is 284 cm³/mol. The second-order valence-electron chi connectivity index (χ2n) is 22.1. The Morgan fingerprint density at radius 3 is 1.89 bits per heavy atom. The van der Waals surface area contributed by atoms with Crippen LogP contribution in [0.1, 0.15) is 103 Å². The van der Waals surface area contributed by atoms with E-state index >= 15 is 0 Å². The number of thioether (sulfide) groups is 1. The lowest BCUT2D eigenvalue weighted by Crippen LogP contribution is -2.67. The maximum Gasteiger partial charge on any atom is 0.338 e. The van der Waals surface area contributed by atoms with Crippen LogP contribution in [0.15, 0.2) is 126 Å². The number of ether oxygens (including phenoxy) is 4. The Balaban J connectivity index is 1.48. The van der Waals surface area contributed by atoms with Crippen molar-refractivity contribution in [2.75, 3.05) is 13.7 Å². The smallest absolute Gasteiger partial charge is 0.338 e. The summed E-state index contributed by atoms with van der Waals surface area (Å²) in [6, 6.07) is 38.7. The van der Waals surface area contributed by atoms with Gasteiger partial charge >= 0.3 is 5.97 Å². The lowest BCUT2D eigenvalue weighted by atomic mass is 9.97. The molecule has 7 nitrogen and oxygen atoms in total. The lowest BCUT2D eigenvalue weighted by molar-refractivity contribution is -0.152. The fraction of sp³-hybridized carbons (Fsp3) is 0.509. The van der Waals surface area contributed by atoms with Gasteiger partial charge in [0.25, 0.3) is 8.32 Å². The van der Waals surface area contributed by atoms with Gasteiger partial charge in [0.1, 0.15) is 11.9 Å². The Bertz CT molecular complexity index is 2120. The average molecular weight is 970 g/mol. The molecule has 0 aliphatic carbocycles. The topological polar surface area (TPSA) is 72.5 Å². The molecule has 1 aliphatic heterocycles. The van der Waals surface area contributed by atoms with Crippen molar-refractivity contribution in [3.63, 3.8) is 0 Å². The second-order valence-corrected chi connectivity index (χ2v) is 38.0. The molecule has 5 rings (SSSR count). The predicted octanol–water partition coefficient (Wildman–Crippen LogP) is 13.6. The molecule has 1 saturated heterocycles. The van der Waals surface area contributed by atoms with Crippen LogP contribution in [0.3, 0.4) is 0 Å². The summed E-state index contributed by atoms with van der Waals surface area (Å²) in [5.74, 6) is -0.436. The number of benzene rings is 4. The third-order valence-corrected chi connectivity index (χ3v) is 25.7. The molecule has 5 atom stereocenters. The zero-order valence-electron chi connectivity index (χ0n) is 42.7. The van der Waals surface area contributed by atoms with Gasteiger partial charge in [-0.05, 0) is 116 Å². The van der Waals surface area contributed by atoms with Crippen LogP contribution in [0.4, 0.5) is 0 Å². The second kappa shape index (κ2) is 22.4. The number of esters is 1. The monoisotopic (exact) mass is 968 g/mol. The fourth-order valence-electron chi connectivity index (χ4n) is 8.45. The molecule has 1 heterocycles. The van der Waals surface area contributed by atoms with Crippen LogP contribution in [-0.4, -0.2) is 74.6 Å². The summed E-state index contributed by atoms with van der Waals surface area (Å²) in [7, 11) is -4.82. The van der Waals surface area contributed by atoms with Crippen molar-refractivity contribution in [2.45, 2.75) is 171 Å². The standard InChI is InChI=1S/C55H80O7SSi3/c1-41(61-66(54(5,6)7,44-29-21-17-22-30-44)45-31-23-18-24-32-45)26-25-33-49(62-65(14,15)53(2,3)4)51-48(59-55(8,9)60-51)36-37-50(63-43-27-19-16-20-28-43)47-40-42(57-10)34-35-46(47)52(56)58-38-39-64(11,12)13/h16-25,27-35,40-41,48-51H,26,36-39H2,1-15H3/t41-,48+,49?,50?,51+/m1/s1. The van der Waals surface area contributed by atoms with Crippen molar-refractivity contribution in [3.05, 3.63) is 132 Å². The molecule has 0 N–H and O–H groups in total. The van der Waals surface area contributed by atoms with Crippen molar-refractivity contribution in [1.82, 2.24) is 0 Å². The van der Waals surface area contributed by atoms with E-state index < -0.39 is 30.5 Å². The van der Waals surface area contributed by atoms with Gasteiger partial charge in [0, 0.05) is 24.3 Å². The van der Waals surface area contributed by atoms with Gasteiger partial charge in [-0.2, -0.15) is 0 Å². The molecule has 0 radical (unpaired) electrons. The van der Waals surface area contributed by atoms with E-state index in [0.717, 1.165) is 16.5 Å². The fourth-order valence-corrected chi connectivity index (χ4v) is 16.3. The molecule has 66 heavy (non-hydrogen) atoms. The van der Waals surface area contributed by atoms with E-state index in [1.54, 1.807) is 18.9 Å². The van der Waals surface area contributed by atoms with Gasteiger partial charge in [0.2, 0.25) is 0 Å². The molecule has 4 aromatic rings. The summed E-state index contributed by atoms with van der Waals surface area (Å²) in [4.78, 5) is 15.0. The van der Waals surface area contributed by atoms with Crippen molar-refractivity contribution in [1.29, 1.82) is 0 Å². The van der Waals surface area contributed by atoms with Gasteiger partial charge in [0.15, 0.2) is 14.1 Å². The average Bonchev–Trinajstić information content (AvgIpc) is 3.56. The molecule has 360 valence electrons. The first-order chi connectivity index (χ1) is 30.9. The number of rotatable bonds is 21. The number of carbonyl (C=O) groups excluding carboxylic acids is 1. The van der Waals surface area contributed by atoms with Crippen LogP contribution in [-0.2, 0) is 23.1 Å². The highest BCUT2D eigenvalue weighted by atomic mass is 32.2.